The van der Waals surface area contributed by atoms with Crippen molar-refractivity contribution in [3.05, 3.63) is 11.4 Å². The van der Waals surface area contributed by atoms with Crippen molar-refractivity contribution >= 4 is 22.6 Å². The Hall–Kier alpha value is -0.490. The summed E-state index contributed by atoms with van der Waals surface area (Å²) in [6.07, 6.45) is 3.58. The van der Waals surface area contributed by atoms with Crippen LogP contribution >= 0.6 is 22.6 Å². The molecule has 0 aromatic heterocycles. The van der Waals surface area contributed by atoms with Gasteiger partial charge in [0.15, 0.2) is 0 Å². The van der Waals surface area contributed by atoms with Crippen molar-refractivity contribution in [3.63, 3.8) is 0 Å². The molecule has 0 aliphatic carbocycles. The summed E-state index contributed by atoms with van der Waals surface area (Å²) < 4.78 is 20.0. The van der Waals surface area contributed by atoms with E-state index in [1.807, 2.05) is 11.0 Å². The minimum atomic E-state index is 0. The van der Waals surface area contributed by atoms with Crippen LogP contribution in [0.1, 0.15) is 40.0 Å². The molecule has 0 spiro atoms. The van der Waals surface area contributed by atoms with Crippen molar-refractivity contribution in [2.24, 2.45) is 5.73 Å². The normalized spacial score (nSPS) is 8.56. The number of alkyl halides is 1. The van der Waals surface area contributed by atoms with Crippen LogP contribution in [0.2, 0.25) is 0 Å². The third-order valence-corrected chi connectivity index (χ3v) is 2.17. The molecule has 0 aromatic carbocycles. The number of hydrogen-bond donors (Lipinski definition) is 1. The van der Waals surface area contributed by atoms with Gasteiger partial charge in [0.25, 0.3) is 0 Å². The van der Waals surface area contributed by atoms with Gasteiger partial charge in [-0.05, 0) is 24.3 Å². The minimum absolute atomic E-state index is 0. The van der Waals surface area contributed by atoms with E-state index in [1.165, 1.54) is 6.42 Å². The average Bonchev–Trinajstić information content (AvgIpc) is 2.63. The lowest BCUT2D eigenvalue weighted by atomic mass is 10.4. The number of hydrogen-bond acceptors (Lipinski definition) is 6. The third kappa shape index (κ3) is 45.2. The van der Waals surface area contributed by atoms with E-state index in [4.69, 9.17) is 36.5 Å². The van der Waals surface area contributed by atoms with Gasteiger partial charge in [0.05, 0.1) is 25.7 Å². The Morgan fingerprint density at radius 1 is 1.00 bits per heavy atom. The van der Waals surface area contributed by atoms with Crippen molar-refractivity contribution < 1.29 is 18.9 Å². The van der Waals surface area contributed by atoms with E-state index in [0.29, 0.717) is 46.1 Å². The van der Waals surface area contributed by atoms with Gasteiger partial charge in [-0.2, -0.15) is 5.26 Å². The van der Waals surface area contributed by atoms with E-state index >= 15 is 0 Å². The molecule has 0 unspecified atom stereocenters. The van der Waals surface area contributed by atoms with E-state index in [2.05, 4.69) is 34.4 Å². The Balaban J connectivity index is -0.000000155. The molecule has 7 nitrogen and oxygen atoms in total. The SMILES string of the molecule is C.CCCCOCOCCCN.CI.[C-]#[N+]CCOCOCCC#N. The van der Waals surface area contributed by atoms with Crippen molar-refractivity contribution in [2.75, 3.05) is 58.0 Å². The largest absolute Gasteiger partial charge is 0.355 e. The first-order valence-electron chi connectivity index (χ1n) is 7.92. The number of nitriles is 1. The fourth-order valence-corrected chi connectivity index (χ4v) is 1.01. The highest BCUT2D eigenvalue weighted by molar-refractivity contribution is 14.1. The fourth-order valence-electron chi connectivity index (χ4n) is 1.01. The number of rotatable bonds is 14. The van der Waals surface area contributed by atoms with Crippen LogP contribution in [0, 0.1) is 17.9 Å². The molecular weight excluding hydrogens is 437 g/mol. The number of halogens is 1. The highest BCUT2D eigenvalue weighted by atomic mass is 127. The van der Waals surface area contributed by atoms with Crippen LogP contribution in [0.3, 0.4) is 0 Å². The Labute approximate surface area is 168 Å². The number of ether oxygens (including phenoxy) is 4. The van der Waals surface area contributed by atoms with Crippen LogP contribution in [-0.4, -0.2) is 58.0 Å². The molecule has 0 aliphatic rings. The van der Waals surface area contributed by atoms with Crippen LogP contribution in [0.5, 0.6) is 0 Å². The molecule has 0 saturated heterocycles. The molecule has 0 amide bonds. The Morgan fingerprint density at radius 2 is 1.52 bits per heavy atom. The van der Waals surface area contributed by atoms with Gasteiger partial charge < -0.3 is 29.5 Å². The molecule has 0 atom stereocenters. The average molecular weight is 473 g/mol. The molecule has 150 valence electrons. The first-order valence-corrected chi connectivity index (χ1v) is 10.1. The second-order valence-corrected chi connectivity index (χ2v) is 4.15. The predicted molar refractivity (Wildman–Crippen MR) is 110 cm³/mol. The first-order chi connectivity index (χ1) is 11.8. The molecule has 2 N–H and O–H groups in total. The van der Waals surface area contributed by atoms with Gasteiger partial charge in [-0.3, -0.25) is 0 Å². The van der Waals surface area contributed by atoms with Gasteiger partial charge >= 0.3 is 0 Å². The maximum absolute atomic E-state index is 8.10. The van der Waals surface area contributed by atoms with Crippen LogP contribution in [0.15, 0.2) is 0 Å². The van der Waals surface area contributed by atoms with Gasteiger partial charge in [-0.15, -0.1) is 0 Å². The summed E-state index contributed by atoms with van der Waals surface area (Å²) in [6.45, 7) is 12.5. The topological polar surface area (TPSA) is 91.1 Å². The zero-order chi connectivity index (χ0) is 18.7. The van der Waals surface area contributed by atoms with E-state index in [1.54, 1.807) is 0 Å². The smallest absolute Gasteiger partial charge is 0.237 e. The molecular formula is C17H36IN3O4. The van der Waals surface area contributed by atoms with Crippen molar-refractivity contribution in [1.29, 1.82) is 5.26 Å². The van der Waals surface area contributed by atoms with E-state index in [0.717, 1.165) is 19.4 Å². The highest BCUT2D eigenvalue weighted by Crippen LogP contribution is 1.88. The lowest BCUT2D eigenvalue weighted by Gasteiger charge is -2.03. The maximum atomic E-state index is 8.10. The van der Waals surface area contributed by atoms with Gasteiger partial charge in [0, 0.05) is 6.61 Å². The van der Waals surface area contributed by atoms with Gasteiger partial charge in [-0.25, -0.2) is 6.57 Å². The van der Waals surface area contributed by atoms with Crippen LogP contribution < -0.4 is 5.73 Å². The summed E-state index contributed by atoms with van der Waals surface area (Å²) in [5, 5.41) is 8.10. The second kappa shape index (κ2) is 38.9. The zero-order valence-corrected chi connectivity index (χ0v) is 17.1. The highest BCUT2D eigenvalue weighted by Gasteiger charge is 1.89. The molecule has 0 radical (unpaired) electrons. The van der Waals surface area contributed by atoms with Crippen molar-refractivity contribution in [2.45, 2.75) is 40.0 Å². The summed E-state index contributed by atoms with van der Waals surface area (Å²) in [5.74, 6) is 0. The monoisotopic (exact) mass is 473 g/mol. The molecule has 0 aromatic rings. The van der Waals surface area contributed by atoms with Gasteiger partial charge in [0.2, 0.25) is 6.54 Å². The lowest BCUT2D eigenvalue weighted by molar-refractivity contribution is -0.0544. The third-order valence-electron chi connectivity index (χ3n) is 2.17. The molecule has 8 heteroatoms. The van der Waals surface area contributed by atoms with Crippen LogP contribution in [-0.2, 0) is 18.9 Å². The van der Waals surface area contributed by atoms with E-state index in [9.17, 15) is 0 Å². The Morgan fingerprint density at radius 3 is 2.00 bits per heavy atom. The Bertz CT molecular complexity index is 258. The maximum Gasteiger partial charge on any atom is 0.237 e. The summed E-state index contributed by atoms with van der Waals surface area (Å²) in [4.78, 5) is 5.06. The van der Waals surface area contributed by atoms with E-state index < -0.39 is 0 Å². The molecule has 25 heavy (non-hydrogen) atoms. The second-order valence-electron chi connectivity index (χ2n) is 4.15. The van der Waals surface area contributed by atoms with Crippen LogP contribution in [0.25, 0.3) is 4.85 Å². The number of nitrogens with two attached hydrogens (primary N) is 1. The van der Waals surface area contributed by atoms with Gasteiger partial charge in [-0.1, -0.05) is 43.4 Å². The molecule has 0 rings (SSSR count). The predicted octanol–water partition coefficient (Wildman–Crippen LogP) is 3.62. The summed E-state index contributed by atoms with van der Waals surface area (Å²) in [5.41, 5.74) is 5.27. The van der Waals surface area contributed by atoms with Gasteiger partial charge in [0.1, 0.15) is 20.2 Å². The fraction of sp³-hybridized carbons (Fsp3) is 0.882. The molecule has 0 heterocycles. The number of nitrogens with zero attached hydrogens (tertiary/aromatic N) is 2. The van der Waals surface area contributed by atoms with Crippen molar-refractivity contribution in [1.82, 2.24) is 0 Å². The molecule has 0 aliphatic heterocycles. The minimum Gasteiger partial charge on any atom is -0.355 e. The molecule has 0 saturated carbocycles. The molecule has 0 fully saturated rings. The summed E-state index contributed by atoms with van der Waals surface area (Å²) in [7, 11) is 0. The van der Waals surface area contributed by atoms with Crippen LogP contribution in [0.4, 0.5) is 0 Å². The van der Waals surface area contributed by atoms with Crippen molar-refractivity contribution in [3.8, 4) is 6.07 Å². The first kappa shape index (κ1) is 32.2. The summed E-state index contributed by atoms with van der Waals surface area (Å²) in [6, 6.07) is 1.94. The quantitative estimate of drug-likeness (QED) is 0.136. The molecule has 0 bridgehead atoms. The Kier molecular flexibility index (Phi) is 50.1. The zero-order valence-electron chi connectivity index (χ0n) is 15.0. The summed E-state index contributed by atoms with van der Waals surface area (Å²) >= 11 is 2.15. The lowest BCUT2D eigenvalue weighted by Crippen LogP contribution is -2.07. The standard InChI is InChI=1S/C8H19NO2.C7H10N2O2.CH3I.CH4/c1-2-3-6-10-8-11-7-4-5-9;1-9-4-6-11-7-10-5-2-3-8;1-2;/h2-9H2,1H3;2,4-7H2;1H3;1H4. The van der Waals surface area contributed by atoms with E-state index in [-0.39, 0.29) is 14.2 Å². The number of unbranched alkanes of at least 4 members (excludes halogenated alkanes) is 1.